The Morgan fingerprint density at radius 2 is 2.12 bits per heavy atom. The molecule has 1 amide bonds. The van der Waals surface area contributed by atoms with Crippen LogP contribution in [0.1, 0.15) is 12.2 Å². The number of halogens is 1. The number of hydrogen-bond acceptors (Lipinski definition) is 3. The molecule has 0 saturated heterocycles. The monoisotopic (exact) mass is 283 g/mol. The van der Waals surface area contributed by atoms with Gasteiger partial charge < -0.3 is 10.0 Å². The molecule has 0 aromatic carbocycles. The van der Waals surface area contributed by atoms with Gasteiger partial charge in [0.05, 0.1) is 4.47 Å². The highest BCUT2D eigenvalue weighted by Crippen LogP contribution is 2.19. The van der Waals surface area contributed by atoms with Crippen molar-refractivity contribution >= 4 is 27.6 Å². The van der Waals surface area contributed by atoms with Crippen LogP contribution in [0, 0.1) is 0 Å². The Labute approximate surface area is 101 Å². The van der Waals surface area contributed by atoms with Gasteiger partial charge in [-0.25, -0.2) is 14.8 Å². The lowest BCUT2D eigenvalue weighted by atomic mass is 10.1. The second-order valence-corrected chi connectivity index (χ2v) is 4.35. The summed E-state index contributed by atoms with van der Waals surface area (Å²) in [5.41, 5.74) is 1.00. The van der Waals surface area contributed by atoms with Crippen LogP contribution < -0.4 is 0 Å². The van der Waals surface area contributed by atoms with Crippen molar-refractivity contribution in [1.82, 2.24) is 14.9 Å². The first kappa shape index (κ1) is 11.1. The molecule has 2 heterocycles. The predicted octanol–water partition coefficient (Wildman–Crippen LogP) is 2.01. The van der Waals surface area contributed by atoms with E-state index in [9.17, 15) is 4.79 Å². The van der Waals surface area contributed by atoms with Gasteiger partial charge in [0.1, 0.15) is 0 Å². The molecule has 0 atom stereocenters. The molecule has 5 nitrogen and oxygen atoms in total. The van der Waals surface area contributed by atoms with Gasteiger partial charge in [0.2, 0.25) is 0 Å². The third-order valence-corrected chi connectivity index (χ3v) is 2.80. The summed E-state index contributed by atoms with van der Waals surface area (Å²) in [4.78, 5) is 20.4. The summed E-state index contributed by atoms with van der Waals surface area (Å²) in [5.74, 6) is 0.674. The summed E-state index contributed by atoms with van der Waals surface area (Å²) < 4.78 is 0.833. The highest BCUT2D eigenvalue weighted by atomic mass is 79.9. The predicted molar refractivity (Wildman–Crippen MR) is 61.9 cm³/mol. The first-order valence-electron chi connectivity index (χ1n) is 4.81. The molecule has 1 aromatic heterocycles. The SMILES string of the molecule is O=C(O)N1CC=C(c2ncc(Br)cn2)CC1. The summed E-state index contributed by atoms with van der Waals surface area (Å²) in [6.45, 7) is 0.907. The third kappa shape index (κ3) is 2.38. The van der Waals surface area contributed by atoms with Crippen molar-refractivity contribution < 1.29 is 9.90 Å². The Morgan fingerprint density at radius 3 is 2.62 bits per heavy atom. The van der Waals surface area contributed by atoms with E-state index in [1.54, 1.807) is 12.4 Å². The normalized spacial score (nSPS) is 15.8. The van der Waals surface area contributed by atoms with Gasteiger partial charge in [-0.15, -0.1) is 0 Å². The summed E-state index contributed by atoms with van der Waals surface area (Å²) in [6, 6.07) is 0. The molecule has 1 N–H and O–H groups in total. The molecule has 2 rings (SSSR count). The number of carboxylic acid groups (broad SMARTS) is 1. The van der Waals surface area contributed by atoms with Crippen LogP contribution in [0.15, 0.2) is 22.9 Å². The average Bonchev–Trinajstić information content (AvgIpc) is 2.30. The molecule has 0 unspecified atom stereocenters. The van der Waals surface area contributed by atoms with Crippen LogP contribution in [0.5, 0.6) is 0 Å². The van der Waals surface area contributed by atoms with Crippen LogP contribution >= 0.6 is 15.9 Å². The standard InChI is InChI=1S/C10H10BrN3O2/c11-8-5-12-9(13-6-8)7-1-3-14(4-2-7)10(15)16/h1,5-6H,2-4H2,(H,15,16). The maximum absolute atomic E-state index is 10.7. The minimum atomic E-state index is -0.882. The summed E-state index contributed by atoms with van der Waals surface area (Å²) in [5, 5.41) is 8.79. The van der Waals surface area contributed by atoms with Crippen LogP contribution in [0.3, 0.4) is 0 Å². The second kappa shape index (κ2) is 4.61. The molecule has 1 aliphatic heterocycles. The van der Waals surface area contributed by atoms with E-state index in [0.29, 0.717) is 25.3 Å². The molecule has 0 saturated carbocycles. The van der Waals surface area contributed by atoms with Crippen LogP contribution in [-0.4, -0.2) is 39.2 Å². The highest BCUT2D eigenvalue weighted by molar-refractivity contribution is 9.10. The summed E-state index contributed by atoms with van der Waals surface area (Å²) >= 11 is 3.27. The fourth-order valence-corrected chi connectivity index (χ4v) is 1.73. The van der Waals surface area contributed by atoms with Crippen LogP contribution in [0.25, 0.3) is 5.57 Å². The molecule has 1 aromatic rings. The van der Waals surface area contributed by atoms with Crippen molar-refractivity contribution in [3.8, 4) is 0 Å². The minimum Gasteiger partial charge on any atom is -0.465 e. The number of rotatable bonds is 1. The van der Waals surface area contributed by atoms with Gasteiger partial charge in [-0.3, -0.25) is 0 Å². The number of hydrogen-bond donors (Lipinski definition) is 1. The minimum absolute atomic E-state index is 0.407. The van der Waals surface area contributed by atoms with E-state index >= 15 is 0 Å². The molecule has 84 valence electrons. The van der Waals surface area contributed by atoms with E-state index in [2.05, 4.69) is 25.9 Å². The maximum atomic E-state index is 10.7. The van der Waals surface area contributed by atoms with E-state index in [-0.39, 0.29) is 0 Å². The smallest absolute Gasteiger partial charge is 0.407 e. The Hall–Kier alpha value is -1.43. The van der Waals surface area contributed by atoms with Gasteiger partial charge in [-0.2, -0.15) is 0 Å². The summed E-state index contributed by atoms with van der Waals surface area (Å²) in [7, 11) is 0. The molecule has 6 heteroatoms. The lowest BCUT2D eigenvalue weighted by Crippen LogP contribution is -2.33. The zero-order valence-corrected chi connectivity index (χ0v) is 10.0. The molecular weight excluding hydrogens is 274 g/mol. The quantitative estimate of drug-likeness (QED) is 0.856. The van der Waals surface area contributed by atoms with E-state index in [1.807, 2.05) is 6.08 Å². The Morgan fingerprint density at radius 1 is 1.44 bits per heavy atom. The Kier molecular flexibility index (Phi) is 3.19. The van der Waals surface area contributed by atoms with Crippen molar-refractivity contribution in [3.63, 3.8) is 0 Å². The largest absolute Gasteiger partial charge is 0.465 e. The third-order valence-electron chi connectivity index (χ3n) is 2.39. The first-order valence-corrected chi connectivity index (χ1v) is 5.61. The molecular formula is C10H10BrN3O2. The van der Waals surface area contributed by atoms with Gasteiger partial charge >= 0.3 is 6.09 Å². The maximum Gasteiger partial charge on any atom is 0.407 e. The average molecular weight is 284 g/mol. The van der Waals surface area contributed by atoms with Crippen LogP contribution in [-0.2, 0) is 0 Å². The van der Waals surface area contributed by atoms with Gasteiger partial charge in [0, 0.05) is 25.5 Å². The number of aromatic nitrogens is 2. The van der Waals surface area contributed by atoms with Gasteiger partial charge in [0.15, 0.2) is 5.82 Å². The molecule has 0 spiro atoms. The topological polar surface area (TPSA) is 66.3 Å². The highest BCUT2D eigenvalue weighted by Gasteiger charge is 2.17. The van der Waals surface area contributed by atoms with E-state index < -0.39 is 6.09 Å². The van der Waals surface area contributed by atoms with Crippen molar-refractivity contribution in [1.29, 1.82) is 0 Å². The van der Waals surface area contributed by atoms with E-state index in [0.717, 1.165) is 10.0 Å². The van der Waals surface area contributed by atoms with E-state index in [4.69, 9.17) is 5.11 Å². The molecule has 1 aliphatic rings. The molecule has 0 radical (unpaired) electrons. The van der Waals surface area contributed by atoms with Crippen molar-refractivity contribution in [2.45, 2.75) is 6.42 Å². The number of carbonyl (C=O) groups is 1. The Bertz CT molecular complexity index is 430. The first-order chi connectivity index (χ1) is 7.66. The van der Waals surface area contributed by atoms with Crippen molar-refractivity contribution in [2.75, 3.05) is 13.1 Å². The Balaban J connectivity index is 2.13. The fraction of sp³-hybridized carbons (Fsp3) is 0.300. The zero-order chi connectivity index (χ0) is 11.5. The number of nitrogens with zero attached hydrogens (tertiary/aromatic N) is 3. The zero-order valence-electron chi connectivity index (χ0n) is 8.43. The molecule has 0 bridgehead atoms. The summed E-state index contributed by atoms with van der Waals surface area (Å²) in [6.07, 6.45) is 5.01. The van der Waals surface area contributed by atoms with E-state index in [1.165, 1.54) is 4.90 Å². The van der Waals surface area contributed by atoms with Crippen molar-refractivity contribution in [2.24, 2.45) is 0 Å². The van der Waals surface area contributed by atoms with Crippen LogP contribution in [0.2, 0.25) is 0 Å². The van der Waals surface area contributed by atoms with Gasteiger partial charge in [-0.1, -0.05) is 6.08 Å². The molecule has 16 heavy (non-hydrogen) atoms. The molecule has 0 aliphatic carbocycles. The second-order valence-electron chi connectivity index (χ2n) is 3.43. The fourth-order valence-electron chi connectivity index (χ4n) is 1.52. The lowest BCUT2D eigenvalue weighted by molar-refractivity contribution is 0.150. The van der Waals surface area contributed by atoms with Gasteiger partial charge in [-0.05, 0) is 27.9 Å². The number of amides is 1. The van der Waals surface area contributed by atoms with Crippen molar-refractivity contribution in [3.05, 3.63) is 28.8 Å². The molecule has 0 fully saturated rings. The van der Waals surface area contributed by atoms with Crippen LogP contribution in [0.4, 0.5) is 4.79 Å². The van der Waals surface area contributed by atoms with Gasteiger partial charge in [0.25, 0.3) is 0 Å². The lowest BCUT2D eigenvalue weighted by Gasteiger charge is -2.22.